The molecule has 0 aliphatic heterocycles. The van der Waals surface area contributed by atoms with E-state index in [4.69, 9.17) is 11.6 Å². The molecule has 1 atom stereocenters. The van der Waals surface area contributed by atoms with Crippen LogP contribution in [-0.4, -0.2) is 29.3 Å². The van der Waals surface area contributed by atoms with Crippen LogP contribution < -0.4 is 0 Å². The molecule has 0 heterocycles. The van der Waals surface area contributed by atoms with Crippen LogP contribution in [0.25, 0.3) is 0 Å². The molecule has 0 spiro atoms. The highest BCUT2D eigenvalue weighted by atomic mass is 35.5. The lowest BCUT2D eigenvalue weighted by atomic mass is 10.0. The summed E-state index contributed by atoms with van der Waals surface area (Å²) < 4.78 is 0. The van der Waals surface area contributed by atoms with E-state index in [-0.39, 0.29) is 11.8 Å². The molecule has 1 unspecified atom stereocenters. The first-order chi connectivity index (χ1) is 8.99. The van der Waals surface area contributed by atoms with Crippen LogP contribution in [0.1, 0.15) is 44.0 Å². The zero-order valence-corrected chi connectivity index (χ0v) is 12.7. The molecule has 19 heavy (non-hydrogen) atoms. The third-order valence-electron chi connectivity index (χ3n) is 3.58. The van der Waals surface area contributed by atoms with Gasteiger partial charge in [0.05, 0.1) is 6.04 Å². The summed E-state index contributed by atoms with van der Waals surface area (Å²) in [5.74, 6) is 0.755. The maximum Gasteiger partial charge on any atom is 0.179 e. The van der Waals surface area contributed by atoms with Gasteiger partial charge >= 0.3 is 0 Å². The number of ketones is 1. The summed E-state index contributed by atoms with van der Waals surface area (Å²) in [6, 6.07) is 7.79. The molecule has 3 heteroatoms. The van der Waals surface area contributed by atoms with Crippen LogP contribution in [0, 0.1) is 5.92 Å². The number of halogens is 1. The highest BCUT2D eigenvalue weighted by molar-refractivity contribution is 6.31. The smallest absolute Gasteiger partial charge is 0.179 e. The first kappa shape index (κ1) is 14.5. The summed E-state index contributed by atoms with van der Waals surface area (Å²) in [7, 11) is 0. The topological polar surface area (TPSA) is 20.3 Å². The van der Waals surface area contributed by atoms with E-state index in [0.717, 1.165) is 12.1 Å². The van der Waals surface area contributed by atoms with Crippen molar-refractivity contribution < 1.29 is 4.79 Å². The molecule has 0 radical (unpaired) electrons. The van der Waals surface area contributed by atoms with Gasteiger partial charge in [0.25, 0.3) is 0 Å². The molecule has 104 valence electrons. The normalized spacial score (nSPS) is 16.9. The first-order valence-electron chi connectivity index (χ1n) is 7.04. The number of hydrogen-bond acceptors (Lipinski definition) is 2. The van der Waals surface area contributed by atoms with Gasteiger partial charge in [0, 0.05) is 23.2 Å². The van der Waals surface area contributed by atoms with Crippen LogP contribution in [-0.2, 0) is 0 Å². The van der Waals surface area contributed by atoms with Crippen LogP contribution in [0.4, 0.5) is 0 Å². The van der Waals surface area contributed by atoms with E-state index < -0.39 is 0 Å². The second-order valence-electron chi connectivity index (χ2n) is 5.87. The predicted octanol–water partition coefficient (Wildman–Crippen LogP) is 4.03. The van der Waals surface area contributed by atoms with Crippen molar-refractivity contribution in [3.63, 3.8) is 0 Å². The summed E-state index contributed by atoms with van der Waals surface area (Å²) in [5, 5.41) is 0.625. The van der Waals surface area contributed by atoms with Crippen molar-refractivity contribution in [2.75, 3.05) is 6.54 Å². The molecular weight excluding hydrogens is 258 g/mol. The van der Waals surface area contributed by atoms with Gasteiger partial charge in [-0.15, -0.1) is 0 Å². The van der Waals surface area contributed by atoms with Crippen molar-refractivity contribution in [3.05, 3.63) is 34.9 Å². The quantitative estimate of drug-likeness (QED) is 0.733. The maximum absolute atomic E-state index is 12.6. The number of Topliss-reactive ketones (excluding diaryl/α,β-unsaturated/α-hetero) is 1. The molecule has 0 bridgehead atoms. The molecule has 1 saturated carbocycles. The fraction of sp³-hybridized carbons (Fsp3) is 0.562. The van der Waals surface area contributed by atoms with Crippen LogP contribution in [0.15, 0.2) is 24.3 Å². The largest absolute Gasteiger partial charge is 0.292 e. The highest BCUT2D eigenvalue weighted by Gasteiger charge is 2.35. The molecule has 1 aromatic rings. The van der Waals surface area contributed by atoms with E-state index >= 15 is 0 Å². The molecular formula is C16H22ClNO. The van der Waals surface area contributed by atoms with Crippen LogP contribution in [0.3, 0.4) is 0 Å². The van der Waals surface area contributed by atoms with Gasteiger partial charge in [-0.25, -0.2) is 0 Å². The van der Waals surface area contributed by atoms with Crippen molar-refractivity contribution in [1.29, 1.82) is 0 Å². The predicted molar refractivity (Wildman–Crippen MR) is 79.8 cm³/mol. The zero-order valence-electron chi connectivity index (χ0n) is 11.9. The second kappa shape index (κ2) is 6.06. The van der Waals surface area contributed by atoms with E-state index in [9.17, 15) is 4.79 Å². The van der Waals surface area contributed by atoms with Gasteiger partial charge in [0.15, 0.2) is 5.78 Å². The molecule has 1 aromatic carbocycles. The minimum atomic E-state index is -0.0617. The van der Waals surface area contributed by atoms with Crippen molar-refractivity contribution >= 4 is 17.4 Å². The van der Waals surface area contributed by atoms with Crippen molar-refractivity contribution in [3.8, 4) is 0 Å². The summed E-state index contributed by atoms with van der Waals surface area (Å²) >= 11 is 5.97. The number of hydrogen-bond donors (Lipinski definition) is 0. The molecule has 0 amide bonds. The fourth-order valence-electron chi connectivity index (χ4n) is 2.48. The second-order valence-corrected chi connectivity index (χ2v) is 6.31. The van der Waals surface area contributed by atoms with E-state index in [1.54, 1.807) is 12.1 Å². The minimum absolute atomic E-state index is 0.0617. The third-order valence-corrected chi connectivity index (χ3v) is 3.81. The number of rotatable bonds is 6. The van der Waals surface area contributed by atoms with Gasteiger partial charge in [0.2, 0.25) is 0 Å². The minimum Gasteiger partial charge on any atom is -0.292 e. The van der Waals surface area contributed by atoms with Gasteiger partial charge in [-0.1, -0.05) is 37.6 Å². The fourth-order valence-corrected chi connectivity index (χ4v) is 2.68. The SMILES string of the molecule is CC(C)CN(C1CC1)C(C)C(=O)c1cccc(Cl)c1. The standard InChI is InChI=1S/C16H22ClNO/c1-11(2)10-18(15-7-8-15)12(3)16(19)13-5-4-6-14(17)9-13/h4-6,9,11-12,15H,7-8,10H2,1-3H3. The first-order valence-corrected chi connectivity index (χ1v) is 7.42. The summed E-state index contributed by atoms with van der Waals surface area (Å²) in [6.45, 7) is 7.40. The van der Waals surface area contributed by atoms with Gasteiger partial charge < -0.3 is 0 Å². The van der Waals surface area contributed by atoms with Crippen molar-refractivity contribution in [2.45, 2.75) is 45.7 Å². The number of nitrogens with zero attached hydrogens (tertiary/aromatic N) is 1. The Morgan fingerprint density at radius 3 is 2.58 bits per heavy atom. The van der Waals surface area contributed by atoms with Crippen LogP contribution >= 0.6 is 11.6 Å². The average molecular weight is 280 g/mol. The van der Waals surface area contributed by atoms with Gasteiger partial charge in [0.1, 0.15) is 0 Å². The van der Waals surface area contributed by atoms with E-state index in [1.807, 2.05) is 19.1 Å². The Hall–Kier alpha value is -0.860. The molecule has 1 aliphatic rings. The summed E-state index contributed by atoms with van der Waals surface area (Å²) in [5.41, 5.74) is 0.717. The number of carbonyl (C=O) groups is 1. The molecule has 1 aliphatic carbocycles. The lowest BCUT2D eigenvalue weighted by Crippen LogP contribution is -2.42. The van der Waals surface area contributed by atoms with Crippen LogP contribution in [0.5, 0.6) is 0 Å². The number of benzene rings is 1. The molecule has 0 N–H and O–H groups in total. The third kappa shape index (κ3) is 3.80. The molecule has 2 rings (SSSR count). The molecule has 0 aromatic heterocycles. The van der Waals surface area contributed by atoms with Gasteiger partial charge in [-0.3, -0.25) is 9.69 Å². The molecule has 0 saturated heterocycles. The number of carbonyl (C=O) groups excluding carboxylic acids is 1. The van der Waals surface area contributed by atoms with Crippen molar-refractivity contribution in [1.82, 2.24) is 4.90 Å². The Balaban J connectivity index is 2.12. The van der Waals surface area contributed by atoms with Gasteiger partial charge in [-0.05, 0) is 37.8 Å². The summed E-state index contributed by atoms with van der Waals surface area (Å²) in [4.78, 5) is 14.9. The zero-order chi connectivity index (χ0) is 14.0. The average Bonchev–Trinajstić information content (AvgIpc) is 3.18. The van der Waals surface area contributed by atoms with E-state index in [1.165, 1.54) is 12.8 Å². The Kier molecular flexibility index (Phi) is 4.64. The Labute approximate surface area is 120 Å². The maximum atomic E-state index is 12.6. The monoisotopic (exact) mass is 279 g/mol. The molecule has 1 fully saturated rings. The molecule has 2 nitrogen and oxygen atoms in total. The Morgan fingerprint density at radius 2 is 2.05 bits per heavy atom. The summed E-state index contributed by atoms with van der Waals surface area (Å²) in [6.07, 6.45) is 2.44. The van der Waals surface area contributed by atoms with Crippen molar-refractivity contribution in [2.24, 2.45) is 5.92 Å². The van der Waals surface area contributed by atoms with Gasteiger partial charge in [-0.2, -0.15) is 0 Å². The van der Waals surface area contributed by atoms with Crippen LogP contribution in [0.2, 0.25) is 5.02 Å². The Morgan fingerprint density at radius 1 is 1.37 bits per heavy atom. The Bertz CT molecular complexity index is 454. The highest BCUT2D eigenvalue weighted by Crippen LogP contribution is 2.30. The van der Waals surface area contributed by atoms with E-state index in [0.29, 0.717) is 17.0 Å². The van der Waals surface area contributed by atoms with E-state index in [2.05, 4.69) is 18.7 Å². The lowest BCUT2D eigenvalue weighted by Gasteiger charge is -2.29. The lowest BCUT2D eigenvalue weighted by molar-refractivity contribution is 0.0807.